The molecule has 0 fully saturated rings. The maximum Gasteiger partial charge on any atom is 0.214 e. The van der Waals surface area contributed by atoms with E-state index in [1.54, 1.807) is 32.0 Å². The maximum absolute atomic E-state index is 13.1. The molecule has 0 heterocycles. The minimum atomic E-state index is -3.33. The number of sulfonamides is 1. The van der Waals surface area contributed by atoms with Gasteiger partial charge in [0.25, 0.3) is 0 Å². The van der Waals surface area contributed by atoms with Crippen LogP contribution < -0.4 is 4.72 Å². The van der Waals surface area contributed by atoms with Crippen molar-refractivity contribution < 1.29 is 12.8 Å². The van der Waals surface area contributed by atoms with E-state index < -0.39 is 21.1 Å². The number of benzene rings is 1. The highest BCUT2D eigenvalue weighted by molar-refractivity contribution is 7.90. The zero-order valence-corrected chi connectivity index (χ0v) is 9.51. The van der Waals surface area contributed by atoms with Crippen molar-refractivity contribution in [3.05, 3.63) is 35.6 Å². The molecule has 84 valence electrons. The van der Waals surface area contributed by atoms with Crippen LogP contribution in [0.25, 0.3) is 0 Å². The molecule has 0 amide bonds. The summed E-state index contributed by atoms with van der Waals surface area (Å²) in [5.74, 6) is -0.399. The van der Waals surface area contributed by atoms with Crippen LogP contribution in [0.2, 0.25) is 0 Å². The summed E-state index contributed by atoms with van der Waals surface area (Å²) in [6, 6.07) is 6.09. The van der Waals surface area contributed by atoms with E-state index in [4.69, 9.17) is 0 Å². The predicted molar refractivity (Wildman–Crippen MR) is 57.3 cm³/mol. The Morgan fingerprint density at radius 2 is 1.93 bits per heavy atom. The fraction of sp³-hybridized carbons (Fsp3) is 0.400. The van der Waals surface area contributed by atoms with Gasteiger partial charge < -0.3 is 0 Å². The third-order valence-electron chi connectivity index (χ3n) is 2.04. The first kappa shape index (κ1) is 12.1. The molecule has 0 saturated heterocycles. The van der Waals surface area contributed by atoms with E-state index in [1.807, 2.05) is 0 Å². The minimum absolute atomic E-state index is 0.00676. The van der Waals surface area contributed by atoms with Gasteiger partial charge in [-0.25, -0.2) is 17.5 Å². The summed E-state index contributed by atoms with van der Waals surface area (Å²) < 4.78 is 38.2. The number of nitrogens with one attached hydrogen (secondary N) is 1. The number of rotatable bonds is 4. The highest BCUT2D eigenvalue weighted by atomic mass is 32.2. The van der Waals surface area contributed by atoms with Gasteiger partial charge in [-0.3, -0.25) is 0 Å². The van der Waals surface area contributed by atoms with Gasteiger partial charge in [0.15, 0.2) is 0 Å². The lowest BCUT2D eigenvalue weighted by molar-refractivity contribution is 0.566. The fourth-order valence-corrected chi connectivity index (χ4v) is 1.68. The van der Waals surface area contributed by atoms with Crippen molar-refractivity contribution in [3.63, 3.8) is 0 Å². The Hall–Kier alpha value is -0.940. The van der Waals surface area contributed by atoms with Gasteiger partial charge in [0, 0.05) is 12.1 Å². The Morgan fingerprint density at radius 3 is 2.47 bits per heavy atom. The quantitative estimate of drug-likeness (QED) is 0.856. The molecule has 15 heavy (non-hydrogen) atoms. The third kappa shape index (κ3) is 3.28. The Bertz CT molecular complexity index is 429. The smallest absolute Gasteiger partial charge is 0.212 e. The zero-order valence-electron chi connectivity index (χ0n) is 8.70. The molecule has 0 aliphatic carbocycles. The maximum atomic E-state index is 13.1. The summed E-state index contributed by atoms with van der Waals surface area (Å²) in [5.41, 5.74) is 0.349. The second-order valence-corrected chi connectivity index (χ2v) is 5.83. The summed E-state index contributed by atoms with van der Waals surface area (Å²) in [4.78, 5) is 0. The van der Waals surface area contributed by atoms with Crippen LogP contribution in [0.1, 0.15) is 19.4 Å². The molecule has 1 aromatic carbocycles. The van der Waals surface area contributed by atoms with E-state index in [2.05, 4.69) is 4.72 Å². The Kier molecular flexibility index (Phi) is 3.82. The SMILES string of the molecule is CC(C)S(=O)(=O)NCc1ccccc1F. The van der Waals surface area contributed by atoms with Gasteiger partial charge in [-0.2, -0.15) is 0 Å². The van der Waals surface area contributed by atoms with Gasteiger partial charge in [0.1, 0.15) is 5.82 Å². The number of halogens is 1. The first-order valence-corrected chi connectivity index (χ1v) is 6.20. The molecule has 0 saturated carbocycles. The van der Waals surface area contributed by atoms with Gasteiger partial charge in [-0.15, -0.1) is 0 Å². The van der Waals surface area contributed by atoms with Crippen LogP contribution in [0.3, 0.4) is 0 Å². The van der Waals surface area contributed by atoms with Crippen molar-refractivity contribution in [1.82, 2.24) is 4.72 Å². The fourth-order valence-electron chi connectivity index (χ4n) is 0.987. The number of hydrogen-bond acceptors (Lipinski definition) is 2. The lowest BCUT2D eigenvalue weighted by Gasteiger charge is -2.09. The molecule has 0 aromatic heterocycles. The summed E-state index contributed by atoms with van der Waals surface area (Å²) in [5, 5.41) is -0.510. The summed E-state index contributed by atoms with van der Waals surface area (Å²) in [7, 11) is -3.33. The van der Waals surface area contributed by atoms with Crippen molar-refractivity contribution in [2.24, 2.45) is 0 Å². The van der Waals surface area contributed by atoms with Gasteiger partial charge in [-0.05, 0) is 19.9 Å². The largest absolute Gasteiger partial charge is 0.214 e. The van der Waals surface area contributed by atoms with Crippen LogP contribution in [-0.4, -0.2) is 13.7 Å². The number of hydrogen-bond donors (Lipinski definition) is 1. The van der Waals surface area contributed by atoms with Crippen LogP contribution in [0.5, 0.6) is 0 Å². The minimum Gasteiger partial charge on any atom is -0.212 e. The zero-order chi connectivity index (χ0) is 11.5. The van der Waals surface area contributed by atoms with Gasteiger partial charge >= 0.3 is 0 Å². The van der Waals surface area contributed by atoms with Gasteiger partial charge in [0.2, 0.25) is 10.0 Å². The van der Waals surface area contributed by atoms with Gasteiger partial charge in [0.05, 0.1) is 5.25 Å². The molecule has 0 aliphatic heterocycles. The molecule has 0 radical (unpaired) electrons. The van der Waals surface area contributed by atoms with E-state index in [9.17, 15) is 12.8 Å². The lowest BCUT2D eigenvalue weighted by Crippen LogP contribution is -2.30. The van der Waals surface area contributed by atoms with Crippen molar-refractivity contribution in [1.29, 1.82) is 0 Å². The molecule has 0 aliphatic rings. The Labute approximate surface area is 89.4 Å². The van der Waals surface area contributed by atoms with E-state index in [-0.39, 0.29) is 6.54 Å². The summed E-state index contributed by atoms with van der Waals surface area (Å²) >= 11 is 0. The monoisotopic (exact) mass is 231 g/mol. The van der Waals surface area contributed by atoms with E-state index in [0.717, 1.165) is 0 Å². The highest BCUT2D eigenvalue weighted by Crippen LogP contribution is 2.07. The van der Waals surface area contributed by atoms with Crippen LogP contribution in [0.4, 0.5) is 4.39 Å². The molecule has 0 atom stereocenters. The molecule has 1 rings (SSSR count). The Morgan fingerprint density at radius 1 is 1.33 bits per heavy atom. The van der Waals surface area contributed by atoms with Crippen LogP contribution in [0, 0.1) is 5.82 Å². The summed E-state index contributed by atoms with van der Waals surface area (Å²) in [6.45, 7) is 3.14. The predicted octanol–water partition coefficient (Wildman–Crippen LogP) is 1.65. The molecule has 5 heteroatoms. The van der Waals surface area contributed by atoms with E-state index in [1.165, 1.54) is 6.07 Å². The molecule has 0 unspecified atom stereocenters. The third-order valence-corrected chi connectivity index (χ3v) is 3.83. The van der Waals surface area contributed by atoms with Crippen LogP contribution in [-0.2, 0) is 16.6 Å². The molecule has 1 N–H and O–H groups in total. The highest BCUT2D eigenvalue weighted by Gasteiger charge is 2.15. The van der Waals surface area contributed by atoms with Gasteiger partial charge in [-0.1, -0.05) is 18.2 Å². The second kappa shape index (κ2) is 4.72. The molecular weight excluding hydrogens is 217 g/mol. The average molecular weight is 231 g/mol. The molecular formula is C10H14FNO2S. The first-order chi connectivity index (χ1) is 6.93. The Balaban J connectivity index is 2.70. The standard InChI is InChI=1S/C10H14FNO2S/c1-8(2)15(13,14)12-7-9-5-3-4-6-10(9)11/h3-6,8,12H,7H2,1-2H3. The second-order valence-electron chi connectivity index (χ2n) is 3.51. The van der Waals surface area contributed by atoms with Crippen LogP contribution in [0.15, 0.2) is 24.3 Å². The van der Waals surface area contributed by atoms with Crippen molar-refractivity contribution in [3.8, 4) is 0 Å². The van der Waals surface area contributed by atoms with Crippen molar-refractivity contribution in [2.45, 2.75) is 25.6 Å². The average Bonchev–Trinajstić information content (AvgIpc) is 2.16. The molecule has 1 aromatic rings. The summed E-state index contributed by atoms with van der Waals surface area (Å²) in [6.07, 6.45) is 0. The van der Waals surface area contributed by atoms with E-state index in [0.29, 0.717) is 5.56 Å². The molecule has 3 nitrogen and oxygen atoms in total. The molecule has 0 bridgehead atoms. The van der Waals surface area contributed by atoms with Crippen molar-refractivity contribution in [2.75, 3.05) is 0 Å². The van der Waals surface area contributed by atoms with Crippen LogP contribution >= 0.6 is 0 Å². The molecule has 0 spiro atoms. The normalized spacial score (nSPS) is 12.0. The van der Waals surface area contributed by atoms with Crippen molar-refractivity contribution >= 4 is 10.0 Å². The van der Waals surface area contributed by atoms with E-state index >= 15 is 0 Å². The first-order valence-electron chi connectivity index (χ1n) is 4.65. The lowest BCUT2D eigenvalue weighted by atomic mass is 10.2. The topological polar surface area (TPSA) is 46.2 Å².